The highest BCUT2D eigenvalue weighted by Crippen LogP contribution is 2.28. The van der Waals surface area contributed by atoms with Gasteiger partial charge >= 0.3 is 5.97 Å². The molecule has 9 heteroatoms. The Morgan fingerprint density at radius 2 is 2.08 bits per heavy atom. The standard InChI is InChI=1S/C16H21FN2O5S/c1-3-18-15(20)11(2)24-16(21)13-8-6-10-19(13)25(22,23)14-9-5-4-7-12(14)17/h4-5,7,9,11,13H,3,6,8,10H2,1-2H3,(H,18,20)/t11-,13+/m1/s1. The highest BCUT2D eigenvalue weighted by Gasteiger charge is 2.42. The van der Waals surface area contributed by atoms with Gasteiger partial charge in [-0.05, 0) is 38.8 Å². The third-order valence-electron chi connectivity index (χ3n) is 3.91. The number of carbonyl (C=O) groups excluding carboxylic acids is 2. The largest absolute Gasteiger partial charge is 0.451 e. The van der Waals surface area contributed by atoms with Crippen molar-refractivity contribution in [2.75, 3.05) is 13.1 Å². The molecule has 25 heavy (non-hydrogen) atoms. The molecule has 1 saturated heterocycles. The normalized spacial score (nSPS) is 19.4. The summed E-state index contributed by atoms with van der Waals surface area (Å²) in [5, 5.41) is 2.52. The van der Waals surface area contributed by atoms with Crippen LogP contribution >= 0.6 is 0 Å². The Morgan fingerprint density at radius 1 is 1.40 bits per heavy atom. The van der Waals surface area contributed by atoms with Crippen molar-refractivity contribution in [3.63, 3.8) is 0 Å². The summed E-state index contributed by atoms with van der Waals surface area (Å²) in [6, 6.07) is 3.94. The summed E-state index contributed by atoms with van der Waals surface area (Å²) in [5.74, 6) is -2.15. The molecule has 1 N–H and O–H groups in total. The zero-order valence-electron chi connectivity index (χ0n) is 14.1. The van der Waals surface area contributed by atoms with E-state index in [4.69, 9.17) is 4.74 Å². The van der Waals surface area contributed by atoms with Crippen molar-refractivity contribution >= 4 is 21.9 Å². The molecule has 1 aromatic rings. The Kier molecular flexibility index (Phi) is 6.12. The molecule has 1 fully saturated rings. The van der Waals surface area contributed by atoms with Gasteiger partial charge in [0.25, 0.3) is 5.91 Å². The van der Waals surface area contributed by atoms with E-state index in [0.717, 1.165) is 16.4 Å². The van der Waals surface area contributed by atoms with Crippen LogP contribution in [0.25, 0.3) is 0 Å². The molecular formula is C16H21FN2O5S. The number of nitrogens with zero attached hydrogens (tertiary/aromatic N) is 1. The smallest absolute Gasteiger partial charge is 0.325 e. The number of hydrogen-bond donors (Lipinski definition) is 1. The van der Waals surface area contributed by atoms with Crippen LogP contribution in [0.1, 0.15) is 26.7 Å². The maximum atomic E-state index is 13.9. The number of benzene rings is 1. The van der Waals surface area contributed by atoms with Gasteiger partial charge in [-0.3, -0.25) is 9.59 Å². The molecule has 1 heterocycles. The van der Waals surface area contributed by atoms with Crippen LogP contribution in [-0.2, 0) is 24.3 Å². The van der Waals surface area contributed by atoms with Gasteiger partial charge in [-0.1, -0.05) is 12.1 Å². The Labute approximate surface area is 146 Å². The van der Waals surface area contributed by atoms with Gasteiger partial charge in [0.2, 0.25) is 10.0 Å². The molecule has 2 atom stereocenters. The minimum absolute atomic E-state index is 0.0893. The van der Waals surface area contributed by atoms with Crippen LogP contribution in [0.4, 0.5) is 4.39 Å². The Balaban J connectivity index is 2.18. The van der Waals surface area contributed by atoms with Gasteiger partial charge in [0.1, 0.15) is 16.8 Å². The van der Waals surface area contributed by atoms with Crippen LogP contribution in [0.3, 0.4) is 0 Å². The van der Waals surface area contributed by atoms with Crippen molar-refractivity contribution in [1.82, 2.24) is 9.62 Å². The Morgan fingerprint density at radius 3 is 2.72 bits per heavy atom. The first-order chi connectivity index (χ1) is 11.8. The maximum absolute atomic E-state index is 13.9. The Hall–Kier alpha value is -2.00. The van der Waals surface area contributed by atoms with Gasteiger partial charge in [0.05, 0.1) is 0 Å². The van der Waals surface area contributed by atoms with E-state index >= 15 is 0 Å². The van der Waals surface area contributed by atoms with E-state index in [9.17, 15) is 22.4 Å². The van der Waals surface area contributed by atoms with Crippen LogP contribution < -0.4 is 5.32 Å². The van der Waals surface area contributed by atoms with E-state index in [1.54, 1.807) is 6.92 Å². The molecule has 7 nitrogen and oxygen atoms in total. The molecule has 0 bridgehead atoms. The summed E-state index contributed by atoms with van der Waals surface area (Å²) in [4.78, 5) is 23.5. The highest BCUT2D eigenvalue weighted by atomic mass is 32.2. The lowest BCUT2D eigenvalue weighted by atomic mass is 10.2. The molecule has 1 amide bonds. The summed E-state index contributed by atoms with van der Waals surface area (Å²) < 4.78 is 45.3. The lowest BCUT2D eigenvalue weighted by Crippen LogP contribution is -2.44. The molecule has 1 aliphatic rings. The second kappa shape index (κ2) is 7.92. The molecule has 0 unspecified atom stereocenters. The van der Waals surface area contributed by atoms with Crippen LogP contribution in [-0.4, -0.2) is 49.8 Å². The fourth-order valence-electron chi connectivity index (χ4n) is 2.67. The Bertz CT molecular complexity index is 753. The van der Waals surface area contributed by atoms with Crippen LogP contribution in [0.15, 0.2) is 29.2 Å². The van der Waals surface area contributed by atoms with Gasteiger partial charge in [-0.15, -0.1) is 0 Å². The van der Waals surface area contributed by atoms with E-state index in [1.165, 1.54) is 19.1 Å². The van der Waals surface area contributed by atoms with Crippen molar-refractivity contribution in [3.05, 3.63) is 30.1 Å². The molecule has 1 aliphatic heterocycles. The number of sulfonamides is 1. The summed E-state index contributed by atoms with van der Waals surface area (Å²) in [7, 11) is -4.17. The van der Waals surface area contributed by atoms with Gasteiger partial charge in [-0.25, -0.2) is 12.8 Å². The summed E-state index contributed by atoms with van der Waals surface area (Å²) >= 11 is 0. The van der Waals surface area contributed by atoms with Crippen molar-refractivity contribution in [3.8, 4) is 0 Å². The summed E-state index contributed by atoms with van der Waals surface area (Å²) in [6.45, 7) is 3.61. The van der Waals surface area contributed by atoms with E-state index in [1.807, 2.05) is 0 Å². The average molecular weight is 372 g/mol. The lowest BCUT2D eigenvalue weighted by molar-refractivity contribution is -0.157. The SMILES string of the molecule is CCNC(=O)[C@@H](C)OC(=O)[C@@H]1CCCN1S(=O)(=O)c1ccccc1F. The highest BCUT2D eigenvalue weighted by molar-refractivity contribution is 7.89. The van der Waals surface area contributed by atoms with E-state index < -0.39 is 44.8 Å². The predicted molar refractivity (Wildman–Crippen MR) is 87.6 cm³/mol. The quantitative estimate of drug-likeness (QED) is 0.754. The minimum Gasteiger partial charge on any atom is -0.451 e. The van der Waals surface area contributed by atoms with E-state index in [0.29, 0.717) is 13.0 Å². The average Bonchev–Trinajstić information content (AvgIpc) is 3.05. The number of hydrogen-bond acceptors (Lipinski definition) is 5. The van der Waals surface area contributed by atoms with Crippen molar-refractivity contribution in [2.24, 2.45) is 0 Å². The molecule has 2 rings (SSSR count). The zero-order valence-corrected chi connectivity index (χ0v) is 14.9. The molecule has 0 spiro atoms. The fraction of sp³-hybridized carbons (Fsp3) is 0.500. The van der Waals surface area contributed by atoms with Gasteiger partial charge < -0.3 is 10.1 Å². The predicted octanol–water partition coefficient (Wildman–Crippen LogP) is 1.05. The number of halogens is 1. The number of esters is 1. The fourth-order valence-corrected chi connectivity index (χ4v) is 4.38. The number of likely N-dealkylation sites (N-methyl/N-ethyl adjacent to an activating group) is 1. The van der Waals surface area contributed by atoms with E-state index in [2.05, 4.69) is 5.32 Å². The molecule has 1 aromatic carbocycles. The van der Waals surface area contributed by atoms with Crippen LogP contribution in [0, 0.1) is 5.82 Å². The van der Waals surface area contributed by atoms with Crippen LogP contribution in [0.5, 0.6) is 0 Å². The first-order valence-electron chi connectivity index (χ1n) is 8.03. The topological polar surface area (TPSA) is 92.8 Å². The van der Waals surface area contributed by atoms with Gasteiger partial charge in [-0.2, -0.15) is 4.31 Å². The van der Waals surface area contributed by atoms with Crippen molar-refractivity contribution in [2.45, 2.75) is 43.7 Å². The third-order valence-corrected chi connectivity index (χ3v) is 5.85. The van der Waals surface area contributed by atoms with E-state index in [-0.39, 0.29) is 13.0 Å². The number of ether oxygens (including phenoxy) is 1. The first kappa shape index (κ1) is 19.3. The van der Waals surface area contributed by atoms with Gasteiger partial charge in [0, 0.05) is 13.1 Å². The minimum atomic E-state index is -4.17. The number of nitrogens with one attached hydrogen (secondary N) is 1. The molecule has 0 radical (unpaired) electrons. The first-order valence-corrected chi connectivity index (χ1v) is 9.47. The monoisotopic (exact) mass is 372 g/mol. The molecule has 0 saturated carbocycles. The van der Waals surface area contributed by atoms with Gasteiger partial charge in [0.15, 0.2) is 6.10 Å². The zero-order chi connectivity index (χ0) is 18.6. The molecule has 0 aromatic heterocycles. The molecular weight excluding hydrogens is 351 g/mol. The second-order valence-electron chi connectivity index (χ2n) is 5.68. The summed E-state index contributed by atoms with van der Waals surface area (Å²) in [6.07, 6.45) is -0.330. The maximum Gasteiger partial charge on any atom is 0.325 e. The van der Waals surface area contributed by atoms with Crippen LogP contribution in [0.2, 0.25) is 0 Å². The third kappa shape index (κ3) is 4.16. The number of rotatable bonds is 6. The lowest BCUT2D eigenvalue weighted by Gasteiger charge is -2.24. The number of amides is 1. The van der Waals surface area contributed by atoms with Crippen molar-refractivity contribution < 1.29 is 27.1 Å². The molecule has 0 aliphatic carbocycles. The van der Waals surface area contributed by atoms with Crippen molar-refractivity contribution in [1.29, 1.82) is 0 Å². The second-order valence-corrected chi connectivity index (χ2v) is 7.54. The molecule has 138 valence electrons. The summed E-state index contributed by atoms with van der Waals surface area (Å²) in [5.41, 5.74) is 0. The number of carbonyl (C=O) groups is 2.